The standard InChI is InChI=1S/C17H16N2O2/c1-12-7-16(21-2)9-15(18-12)10-19-6-5-14-8-13(11-20)3-4-17(14)19/h3-9,11H,10H2,1-2H3. The number of pyridine rings is 1. The molecular formula is C17H16N2O2. The first-order valence-corrected chi connectivity index (χ1v) is 6.75. The second-order valence-corrected chi connectivity index (χ2v) is 5.02. The van der Waals surface area contributed by atoms with Crippen LogP contribution < -0.4 is 4.74 Å². The Morgan fingerprint density at radius 1 is 1.24 bits per heavy atom. The van der Waals surface area contributed by atoms with E-state index in [0.717, 1.165) is 34.3 Å². The summed E-state index contributed by atoms with van der Waals surface area (Å²) in [6, 6.07) is 11.5. The first-order valence-electron chi connectivity index (χ1n) is 6.75. The van der Waals surface area contributed by atoms with Gasteiger partial charge < -0.3 is 9.30 Å². The van der Waals surface area contributed by atoms with E-state index < -0.39 is 0 Å². The molecule has 0 amide bonds. The van der Waals surface area contributed by atoms with Gasteiger partial charge in [0, 0.05) is 40.5 Å². The molecule has 3 aromatic rings. The molecule has 0 spiro atoms. The van der Waals surface area contributed by atoms with E-state index in [4.69, 9.17) is 4.74 Å². The van der Waals surface area contributed by atoms with Gasteiger partial charge in [0.25, 0.3) is 0 Å². The number of aldehydes is 1. The largest absolute Gasteiger partial charge is 0.497 e. The summed E-state index contributed by atoms with van der Waals surface area (Å²) in [6.45, 7) is 2.62. The SMILES string of the molecule is COc1cc(C)nc(Cn2ccc3cc(C=O)ccc32)c1. The number of fused-ring (bicyclic) bond motifs is 1. The lowest BCUT2D eigenvalue weighted by Crippen LogP contribution is -2.02. The topological polar surface area (TPSA) is 44.1 Å². The van der Waals surface area contributed by atoms with Gasteiger partial charge in [0.1, 0.15) is 12.0 Å². The van der Waals surface area contributed by atoms with Crippen molar-refractivity contribution in [2.75, 3.05) is 7.11 Å². The molecule has 3 rings (SSSR count). The average Bonchev–Trinajstić information content (AvgIpc) is 2.88. The predicted molar refractivity (Wildman–Crippen MR) is 82.0 cm³/mol. The van der Waals surface area contributed by atoms with E-state index in [2.05, 4.69) is 9.55 Å². The van der Waals surface area contributed by atoms with Gasteiger partial charge in [0.05, 0.1) is 19.3 Å². The summed E-state index contributed by atoms with van der Waals surface area (Å²) >= 11 is 0. The molecule has 4 heteroatoms. The maximum absolute atomic E-state index is 10.8. The molecule has 0 bridgehead atoms. The van der Waals surface area contributed by atoms with E-state index in [1.54, 1.807) is 7.11 Å². The number of rotatable bonds is 4. The van der Waals surface area contributed by atoms with Crippen molar-refractivity contribution in [3.63, 3.8) is 0 Å². The molecule has 0 fully saturated rings. The molecule has 0 aliphatic carbocycles. The fraction of sp³-hybridized carbons (Fsp3) is 0.176. The Bertz CT molecular complexity index is 806. The molecule has 0 atom stereocenters. The zero-order chi connectivity index (χ0) is 14.8. The third-order valence-corrected chi connectivity index (χ3v) is 3.48. The van der Waals surface area contributed by atoms with Crippen LogP contribution in [-0.4, -0.2) is 22.9 Å². The Morgan fingerprint density at radius 3 is 2.86 bits per heavy atom. The van der Waals surface area contributed by atoms with Gasteiger partial charge in [-0.25, -0.2) is 0 Å². The lowest BCUT2D eigenvalue weighted by atomic mass is 10.2. The molecule has 21 heavy (non-hydrogen) atoms. The van der Waals surface area contributed by atoms with Crippen molar-refractivity contribution < 1.29 is 9.53 Å². The van der Waals surface area contributed by atoms with Crippen LogP contribution in [0.3, 0.4) is 0 Å². The van der Waals surface area contributed by atoms with Crippen LogP contribution in [0.1, 0.15) is 21.7 Å². The van der Waals surface area contributed by atoms with Crippen molar-refractivity contribution in [3.8, 4) is 5.75 Å². The zero-order valence-electron chi connectivity index (χ0n) is 12.0. The maximum atomic E-state index is 10.8. The highest BCUT2D eigenvalue weighted by Crippen LogP contribution is 2.20. The highest BCUT2D eigenvalue weighted by atomic mass is 16.5. The minimum absolute atomic E-state index is 0.669. The molecule has 0 saturated heterocycles. The fourth-order valence-corrected chi connectivity index (χ4v) is 2.51. The Balaban J connectivity index is 1.98. The third kappa shape index (κ3) is 2.65. The van der Waals surface area contributed by atoms with E-state index in [9.17, 15) is 4.79 Å². The van der Waals surface area contributed by atoms with Gasteiger partial charge in [-0.3, -0.25) is 9.78 Å². The first kappa shape index (κ1) is 13.4. The highest BCUT2D eigenvalue weighted by molar-refractivity contribution is 5.87. The molecule has 0 saturated carbocycles. The van der Waals surface area contributed by atoms with E-state index >= 15 is 0 Å². The molecule has 0 aliphatic heterocycles. The number of hydrogen-bond donors (Lipinski definition) is 0. The number of benzene rings is 1. The summed E-state index contributed by atoms with van der Waals surface area (Å²) in [6.07, 6.45) is 2.87. The van der Waals surface area contributed by atoms with Crippen molar-refractivity contribution >= 4 is 17.2 Å². The number of carbonyl (C=O) groups is 1. The molecule has 0 unspecified atom stereocenters. The average molecular weight is 280 g/mol. The molecule has 0 N–H and O–H groups in total. The summed E-state index contributed by atoms with van der Waals surface area (Å²) in [5, 5.41) is 1.05. The molecule has 106 valence electrons. The van der Waals surface area contributed by atoms with Gasteiger partial charge in [-0.05, 0) is 31.2 Å². The van der Waals surface area contributed by atoms with Gasteiger partial charge in [-0.1, -0.05) is 0 Å². The first-order chi connectivity index (χ1) is 10.2. The molecule has 2 aromatic heterocycles. The lowest BCUT2D eigenvalue weighted by Gasteiger charge is -2.08. The van der Waals surface area contributed by atoms with E-state index in [1.165, 1.54) is 0 Å². The van der Waals surface area contributed by atoms with Crippen molar-refractivity contribution in [1.82, 2.24) is 9.55 Å². The van der Waals surface area contributed by atoms with Gasteiger partial charge in [-0.2, -0.15) is 0 Å². The lowest BCUT2D eigenvalue weighted by molar-refractivity contribution is 0.112. The van der Waals surface area contributed by atoms with Crippen LogP contribution in [-0.2, 0) is 6.54 Å². The van der Waals surface area contributed by atoms with Crippen molar-refractivity contribution in [2.45, 2.75) is 13.5 Å². The molecule has 0 aliphatic rings. The van der Waals surface area contributed by atoms with Crippen LogP contribution in [0.2, 0.25) is 0 Å². The Labute approximate surface area is 123 Å². The van der Waals surface area contributed by atoms with E-state index in [0.29, 0.717) is 12.1 Å². The van der Waals surface area contributed by atoms with Gasteiger partial charge in [-0.15, -0.1) is 0 Å². The molecule has 0 radical (unpaired) electrons. The molecule has 1 aromatic carbocycles. The number of methoxy groups -OCH3 is 1. The summed E-state index contributed by atoms with van der Waals surface area (Å²) in [5.74, 6) is 0.817. The van der Waals surface area contributed by atoms with Crippen LogP contribution in [0.5, 0.6) is 5.75 Å². The second-order valence-electron chi connectivity index (χ2n) is 5.02. The van der Waals surface area contributed by atoms with Crippen molar-refractivity contribution in [2.24, 2.45) is 0 Å². The van der Waals surface area contributed by atoms with Crippen LogP contribution in [0.4, 0.5) is 0 Å². The number of aromatic nitrogens is 2. The van der Waals surface area contributed by atoms with E-state index in [1.807, 2.05) is 49.5 Å². The van der Waals surface area contributed by atoms with Gasteiger partial charge >= 0.3 is 0 Å². The Morgan fingerprint density at radius 2 is 2.10 bits per heavy atom. The highest BCUT2D eigenvalue weighted by Gasteiger charge is 2.05. The van der Waals surface area contributed by atoms with Crippen LogP contribution in [0.15, 0.2) is 42.6 Å². The summed E-state index contributed by atoms with van der Waals surface area (Å²) in [4.78, 5) is 15.4. The van der Waals surface area contributed by atoms with Crippen molar-refractivity contribution in [1.29, 1.82) is 0 Å². The second kappa shape index (κ2) is 5.40. The van der Waals surface area contributed by atoms with Crippen LogP contribution in [0.25, 0.3) is 10.9 Å². The number of aryl methyl sites for hydroxylation is 1. The Hall–Kier alpha value is -2.62. The number of nitrogens with zero attached hydrogens (tertiary/aromatic N) is 2. The number of carbonyl (C=O) groups excluding carboxylic acids is 1. The van der Waals surface area contributed by atoms with E-state index in [-0.39, 0.29) is 0 Å². The summed E-state index contributed by atoms with van der Waals surface area (Å²) in [5.41, 5.74) is 3.66. The molecule has 2 heterocycles. The summed E-state index contributed by atoms with van der Waals surface area (Å²) in [7, 11) is 1.66. The third-order valence-electron chi connectivity index (χ3n) is 3.48. The minimum atomic E-state index is 0.669. The minimum Gasteiger partial charge on any atom is -0.497 e. The zero-order valence-corrected chi connectivity index (χ0v) is 12.0. The Kier molecular flexibility index (Phi) is 3.44. The predicted octanol–water partition coefficient (Wildman–Crippen LogP) is 3.21. The quantitative estimate of drug-likeness (QED) is 0.689. The maximum Gasteiger partial charge on any atom is 0.150 e. The molecular weight excluding hydrogens is 264 g/mol. The summed E-state index contributed by atoms with van der Waals surface area (Å²) < 4.78 is 7.40. The monoisotopic (exact) mass is 280 g/mol. The fourth-order valence-electron chi connectivity index (χ4n) is 2.51. The number of ether oxygens (including phenoxy) is 1. The van der Waals surface area contributed by atoms with Gasteiger partial charge in [0.2, 0.25) is 0 Å². The number of hydrogen-bond acceptors (Lipinski definition) is 3. The van der Waals surface area contributed by atoms with Crippen LogP contribution >= 0.6 is 0 Å². The van der Waals surface area contributed by atoms with Gasteiger partial charge in [0.15, 0.2) is 0 Å². The normalized spacial score (nSPS) is 10.8. The molecule has 4 nitrogen and oxygen atoms in total. The van der Waals surface area contributed by atoms with Crippen LogP contribution in [0, 0.1) is 6.92 Å². The smallest absolute Gasteiger partial charge is 0.150 e. The van der Waals surface area contributed by atoms with Crippen molar-refractivity contribution in [3.05, 3.63) is 59.5 Å².